The first-order valence-corrected chi connectivity index (χ1v) is 1.80. The predicted octanol–water partition coefficient (Wildman–Crippen LogP) is 1.23. The minimum Gasteiger partial charge on any atom is -0.336 e. The molecular weight excluding hydrogens is 128 g/mol. The molecule has 0 aromatic rings. The molecule has 0 rings (SSSR count). The summed E-state index contributed by atoms with van der Waals surface area (Å²) in [6, 6.07) is 0. The van der Waals surface area contributed by atoms with Crippen LogP contribution in [-0.4, -0.2) is 17.6 Å². The number of rotatable bonds is 2. The van der Waals surface area contributed by atoms with Crippen molar-refractivity contribution in [2.45, 2.75) is 19.0 Å². The second-order valence-electron chi connectivity index (χ2n) is 1.26. The van der Waals surface area contributed by atoms with Crippen LogP contribution in [-0.2, 0) is 0 Å². The highest BCUT2D eigenvalue weighted by molar-refractivity contribution is 4.49. The van der Waals surface area contributed by atoms with E-state index < -0.39 is 19.0 Å². The molecule has 0 atom stereocenters. The lowest BCUT2D eigenvalue weighted by molar-refractivity contribution is -0.219. The molecule has 0 aliphatic carbocycles. The van der Waals surface area contributed by atoms with E-state index in [1.54, 1.807) is 0 Å². The lowest BCUT2D eigenvalue weighted by atomic mass is 10.4. The summed E-state index contributed by atoms with van der Waals surface area (Å²) in [4.78, 5) is 0. The van der Waals surface area contributed by atoms with Gasteiger partial charge in [0.2, 0.25) is 6.43 Å². The van der Waals surface area contributed by atoms with Crippen LogP contribution in [0.4, 0.5) is 17.6 Å². The Morgan fingerprint density at radius 3 is 1.75 bits per heavy atom. The molecule has 0 saturated carbocycles. The maximum Gasteiger partial charge on any atom is 0.358 e. The lowest BCUT2D eigenvalue weighted by Gasteiger charge is -2.05. The molecule has 0 aliphatic heterocycles. The number of aliphatic hydroxyl groups is 1. The Hall–Kier alpha value is -0.320. The molecule has 50 valence electrons. The molecule has 0 bridgehead atoms. The van der Waals surface area contributed by atoms with Gasteiger partial charge in [-0.25, -0.2) is 8.78 Å². The van der Waals surface area contributed by atoms with E-state index >= 15 is 0 Å². The normalized spacial score (nSPS) is 12.8. The summed E-state index contributed by atoms with van der Waals surface area (Å²) in [5.41, 5.74) is 0. The summed E-state index contributed by atoms with van der Waals surface area (Å²) in [5.74, 6) is 0. The molecule has 0 heterocycles. The lowest BCUT2D eigenvalue weighted by Crippen LogP contribution is -2.18. The molecule has 0 amide bonds. The third-order valence-corrected chi connectivity index (χ3v) is 0.400. The standard InChI is InChI=1S/C3H4F4O/c4-2(5)1-3(6,7)8/h2,8H,1H2. The summed E-state index contributed by atoms with van der Waals surface area (Å²) in [6.07, 6.45) is -9.17. The van der Waals surface area contributed by atoms with Gasteiger partial charge in [-0.05, 0) is 0 Å². The molecule has 0 aromatic heterocycles. The van der Waals surface area contributed by atoms with Gasteiger partial charge in [0.05, 0.1) is 6.42 Å². The van der Waals surface area contributed by atoms with Gasteiger partial charge in [0.25, 0.3) is 0 Å². The molecule has 0 unspecified atom stereocenters. The third kappa shape index (κ3) is 5.68. The van der Waals surface area contributed by atoms with E-state index in [4.69, 9.17) is 5.11 Å². The Balaban J connectivity index is 3.39. The summed E-state index contributed by atoms with van der Waals surface area (Å²) in [5, 5.41) is 7.37. The molecule has 5 heteroatoms. The third-order valence-electron chi connectivity index (χ3n) is 0.400. The van der Waals surface area contributed by atoms with Crippen LogP contribution in [0.2, 0.25) is 0 Å². The Kier molecular flexibility index (Phi) is 2.21. The number of hydrogen-bond donors (Lipinski definition) is 1. The summed E-state index contributed by atoms with van der Waals surface area (Å²) >= 11 is 0. The molecule has 0 radical (unpaired) electrons. The molecule has 0 saturated heterocycles. The van der Waals surface area contributed by atoms with Crippen LogP contribution >= 0.6 is 0 Å². The number of halogens is 4. The first-order chi connectivity index (χ1) is 3.42. The maximum atomic E-state index is 11.0. The van der Waals surface area contributed by atoms with Gasteiger partial charge < -0.3 is 5.11 Å². The van der Waals surface area contributed by atoms with Crippen molar-refractivity contribution in [2.75, 3.05) is 0 Å². The zero-order valence-electron chi connectivity index (χ0n) is 3.74. The maximum absolute atomic E-state index is 11.0. The van der Waals surface area contributed by atoms with Crippen molar-refractivity contribution in [2.24, 2.45) is 0 Å². The highest BCUT2D eigenvalue weighted by Gasteiger charge is 2.29. The van der Waals surface area contributed by atoms with Gasteiger partial charge in [0, 0.05) is 0 Å². The van der Waals surface area contributed by atoms with Gasteiger partial charge in [-0.15, -0.1) is 0 Å². The molecule has 0 spiro atoms. The van der Waals surface area contributed by atoms with Gasteiger partial charge in [0.1, 0.15) is 0 Å². The first-order valence-electron chi connectivity index (χ1n) is 1.80. The quantitative estimate of drug-likeness (QED) is 0.560. The number of alkyl halides is 4. The molecule has 8 heavy (non-hydrogen) atoms. The molecule has 0 fully saturated rings. The molecule has 1 nitrogen and oxygen atoms in total. The predicted molar refractivity (Wildman–Crippen MR) is 17.8 cm³/mol. The fraction of sp³-hybridized carbons (Fsp3) is 1.00. The van der Waals surface area contributed by atoms with Gasteiger partial charge in [-0.2, -0.15) is 8.78 Å². The minimum atomic E-state index is -4.23. The molecule has 0 aliphatic rings. The minimum absolute atomic E-state index is 1.78. The van der Waals surface area contributed by atoms with E-state index in [1.807, 2.05) is 0 Å². The monoisotopic (exact) mass is 132 g/mol. The zero-order chi connectivity index (χ0) is 6.78. The fourth-order valence-electron chi connectivity index (χ4n) is 0.186. The molecule has 0 aromatic carbocycles. The van der Waals surface area contributed by atoms with Crippen LogP contribution in [0.15, 0.2) is 0 Å². The first kappa shape index (κ1) is 7.68. The van der Waals surface area contributed by atoms with Crippen LogP contribution in [0.25, 0.3) is 0 Å². The number of hydrogen-bond acceptors (Lipinski definition) is 1. The average molecular weight is 132 g/mol. The van der Waals surface area contributed by atoms with Crippen LogP contribution in [0, 0.1) is 0 Å². The molecular formula is C3H4F4O. The SMILES string of the molecule is OC(F)(F)CC(F)F. The fourth-order valence-corrected chi connectivity index (χ4v) is 0.186. The van der Waals surface area contributed by atoms with Crippen molar-refractivity contribution in [1.82, 2.24) is 0 Å². The molecule has 1 N–H and O–H groups in total. The van der Waals surface area contributed by atoms with Crippen molar-refractivity contribution in [1.29, 1.82) is 0 Å². The summed E-state index contributed by atoms with van der Waals surface area (Å²) in [7, 11) is 0. The van der Waals surface area contributed by atoms with Crippen LogP contribution in [0.3, 0.4) is 0 Å². The highest BCUT2D eigenvalue weighted by atomic mass is 19.3. The Morgan fingerprint density at radius 1 is 1.38 bits per heavy atom. The smallest absolute Gasteiger partial charge is 0.336 e. The van der Waals surface area contributed by atoms with Gasteiger partial charge in [-0.3, -0.25) is 0 Å². The topological polar surface area (TPSA) is 20.2 Å². The van der Waals surface area contributed by atoms with Crippen molar-refractivity contribution in [3.05, 3.63) is 0 Å². The Bertz CT molecular complexity index is 66.2. The van der Waals surface area contributed by atoms with E-state index in [2.05, 4.69) is 0 Å². The van der Waals surface area contributed by atoms with E-state index in [0.29, 0.717) is 0 Å². The van der Waals surface area contributed by atoms with Crippen molar-refractivity contribution in [3.63, 3.8) is 0 Å². The Morgan fingerprint density at radius 2 is 1.75 bits per heavy atom. The van der Waals surface area contributed by atoms with Crippen molar-refractivity contribution in [3.8, 4) is 0 Å². The van der Waals surface area contributed by atoms with Crippen molar-refractivity contribution < 1.29 is 22.7 Å². The van der Waals surface area contributed by atoms with Gasteiger partial charge in [0.15, 0.2) is 0 Å². The second-order valence-corrected chi connectivity index (χ2v) is 1.26. The van der Waals surface area contributed by atoms with E-state index in [0.717, 1.165) is 0 Å². The van der Waals surface area contributed by atoms with Crippen LogP contribution in [0.5, 0.6) is 0 Å². The zero-order valence-corrected chi connectivity index (χ0v) is 3.74. The highest BCUT2D eigenvalue weighted by Crippen LogP contribution is 2.17. The Labute approximate surface area is 42.9 Å². The van der Waals surface area contributed by atoms with Gasteiger partial charge in [-0.1, -0.05) is 0 Å². The second kappa shape index (κ2) is 2.30. The van der Waals surface area contributed by atoms with Crippen LogP contribution in [0.1, 0.15) is 6.42 Å². The van der Waals surface area contributed by atoms with Crippen molar-refractivity contribution >= 4 is 0 Å². The van der Waals surface area contributed by atoms with Gasteiger partial charge >= 0.3 is 6.11 Å². The average Bonchev–Trinajstić information content (AvgIpc) is 1.21. The van der Waals surface area contributed by atoms with E-state index in [9.17, 15) is 17.6 Å². The van der Waals surface area contributed by atoms with Crippen LogP contribution < -0.4 is 0 Å². The van der Waals surface area contributed by atoms with E-state index in [-0.39, 0.29) is 0 Å². The summed E-state index contributed by atoms with van der Waals surface area (Å²) in [6.45, 7) is 0. The summed E-state index contributed by atoms with van der Waals surface area (Å²) < 4.78 is 43.9. The van der Waals surface area contributed by atoms with E-state index in [1.165, 1.54) is 0 Å². The largest absolute Gasteiger partial charge is 0.358 e.